The molecule has 7 aromatic carbocycles. The van der Waals surface area contributed by atoms with Crippen LogP contribution in [0.25, 0.3) is 100 Å². The monoisotopic (exact) mass is 778 g/mol. The highest BCUT2D eigenvalue weighted by atomic mass is 16.1. The first-order valence-corrected chi connectivity index (χ1v) is 19.5. The molecule has 0 bridgehead atoms. The van der Waals surface area contributed by atoms with Crippen LogP contribution in [0.2, 0.25) is 0 Å². The van der Waals surface area contributed by atoms with Crippen molar-refractivity contribution >= 4 is 83.1 Å². The van der Waals surface area contributed by atoms with E-state index in [2.05, 4.69) is 9.55 Å². The maximum Gasteiger partial charge on any atom is 0.376 e. The molecule has 12 heteroatoms. The van der Waals surface area contributed by atoms with E-state index >= 15 is 0 Å². The minimum atomic E-state index is -0.178. The smallest absolute Gasteiger partial charge is 0.278 e. The van der Waals surface area contributed by atoms with Gasteiger partial charge in [-0.3, -0.25) is 18.7 Å². The van der Waals surface area contributed by atoms with E-state index in [9.17, 15) is 14.4 Å². The molecule has 0 saturated heterocycles. The van der Waals surface area contributed by atoms with Gasteiger partial charge in [-0.15, -0.1) is 0 Å². The molecule has 0 aliphatic rings. The average molecular weight is 779 g/mol. The average Bonchev–Trinajstić information content (AvgIpc) is 3.95. The third kappa shape index (κ3) is 4.22. The molecule has 12 nitrogen and oxygen atoms in total. The highest BCUT2D eigenvalue weighted by molar-refractivity contribution is 5.90. The number of fused-ring (bicyclic) bond motifs is 12. The number of para-hydroxylation sites is 9. The molecule has 0 saturated carbocycles. The molecule has 0 radical (unpaired) electrons. The van der Waals surface area contributed by atoms with Gasteiger partial charge in [0.15, 0.2) is 0 Å². The Morgan fingerprint density at radius 3 is 1.47 bits per heavy atom. The van der Waals surface area contributed by atoms with E-state index in [-0.39, 0.29) is 16.7 Å². The van der Waals surface area contributed by atoms with Crippen LogP contribution in [0, 0.1) is 0 Å². The second-order valence-electron chi connectivity index (χ2n) is 15.0. The van der Waals surface area contributed by atoms with Crippen LogP contribution < -0.4 is 21.2 Å². The summed E-state index contributed by atoms with van der Waals surface area (Å²) in [4.78, 5) is 56.9. The van der Waals surface area contributed by atoms with Crippen LogP contribution in [0.5, 0.6) is 0 Å². The van der Waals surface area contributed by atoms with E-state index in [0.29, 0.717) is 78.1 Å². The van der Waals surface area contributed by atoms with Gasteiger partial charge in [0.25, 0.3) is 11.1 Å². The molecule has 6 heterocycles. The lowest BCUT2D eigenvalue weighted by Gasteiger charge is -2.15. The van der Waals surface area contributed by atoms with Crippen molar-refractivity contribution in [3.63, 3.8) is 0 Å². The van der Waals surface area contributed by atoms with Crippen molar-refractivity contribution in [3.8, 4) is 17.1 Å². The van der Waals surface area contributed by atoms with Gasteiger partial charge in [0.2, 0.25) is 11.6 Å². The molecule has 6 aromatic heterocycles. The van der Waals surface area contributed by atoms with Crippen LogP contribution in [0.15, 0.2) is 178 Å². The Balaban J connectivity index is 1.24. The summed E-state index contributed by atoms with van der Waals surface area (Å²) in [5.41, 5.74) is 7.83. The summed E-state index contributed by atoms with van der Waals surface area (Å²) in [6, 6.07) is 51.7. The summed E-state index contributed by atoms with van der Waals surface area (Å²) in [5, 5.41) is 1.55. The Hall–Kier alpha value is -8.64. The summed E-state index contributed by atoms with van der Waals surface area (Å²) in [6.07, 6.45) is 0. The lowest BCUT2D eigenvalue weighted by molar-refractivity contribution is -0.544. The molecular weight excluding hydrogens is 751 g/mol. The molecule has 0 amide bonds. The first-order chi connectivity index (χ1) is 29.5. The maximum absolute atomic E-state index is 14.4. The molecule has 13 aromatic rings. The number of aromatic amines is 1. The Morgan fingerprint density at radius 1 is 0.433 bits per heavy atom. The quantitative estimate of drug-likeness (QED) is 0.187. The number of nitrogens with zero attached hydrogens (tertiary/aromatic N) is 8. The van der Waals surface area contributed by atoms with Crippen molar-refractivity contribution in [1.82, 2.24) is 37.3 Å². The largest absolute Gasteiger partial charge is 0.376 e. The summed E-state index contributed by atoms with van der Waals surface area (Å²) >= 11 is 0. The van der Waals surface area contributed by atoms with Crippen molar-refractivity contribution in [2.75, 3.05) is 0 Å². The van der Waals surface area contributed by atoms with Gasteiger partial charge >= 0.3 is 11.3 Å². The third-order valence-electron chi connectivity index (χ3n) is 11.7. The molecule has 13 rings (SSSR count). The van der Waals surface area contributed by atoms with Crippen molar-refractivity contribution in [2.24, 2.45) is 0 Å². The highest BCUT2D eigenvalue weighted by Gasteiger charge is 2.26. The molecule has 60 heavy (non-hydrogen) atoms. The van der Waals surface area contributed by atoms with E-state index in [1.54, 1.807) is 25.3 Å². The van der Waals surface area contributed by atoms with Gasteiger partial charge < -0.3 is 0 Å². The van der Waals surface area contributed by atoms with E-state index in [4.69, 9.17) is 9.97 Å². The summed E-state index contributed by atoms with van der Waals surface area (Å²) in [7, 11) is 0. The van der Waals surface area contributed by atoms with Crippen molar-refractivity contribution in [1.29, 1.82) is 0 Å². The molecule has 0 aliphatic carbocycles. The molecule has 0 atom stereocenters. The minimum Gasteiger partial charge on any atom is -0.278 e. The van der Waals surface area contributed by atoms with Gasteiger partial charge in [0, 0.05) is 12.1 Å². The van der Waals surface area contributed by atoms with Crippen molar-refractivity contribution in [3.05, 3.63) is 195 Å². The van der Waals surface area contributed by atoms with E-state index in [1.165, 1.54) is 0 Å². The zero-order chi connectivity index (χ0) is 39.8. The van der Waals surface area contributed by atoms with Crippen molar-refractivity contribution < 1.29 is 4.57 Å². The zero-order valence-electron chi connectivity index (χ0n) is 31.4. The molecule has 282 valence electrons. The molecule has 0 spiro atoms. The number of rotatable bonds is 3. The molecule has 0 fully saturated rings. The summed E-state index contributed by atoms with van der Waals surface area (Å²) < 4.78 is 11.1. The normalized spacial score (nSPS) is 12.2. The predicted octanol–water partition coefficient (Wildman–Crippen LogP) is 7.42. The van der Waals surface area contributed by atoms with E-state index < -0.39 is 0 Å². The Morgan fingerprint density at radius 2 is 0.883 bits per heavy atom. The fraction of sp³-hybridized carbons (Fsp3) is 0. The Bertz CT molecular complexity index is 4040. The zero-order valence-corrected chi connectivity index (χ0v) is 31.4. The van der Waals surface area contributed by atoms with Crippen LogP contribution in [0.1, 0.15) is 0 Å². The number of imidazole rings is 3. The molecule has 0 unspecified atom stereocenters. The van der Waals surface area contributed by atoms with E-state index in [0.717, 1.165) is 22.1 Å². The number of H-pyrrole nitrogens is 1. The second kappa shape index (κ2) is 11.7. The van der Waals surface area contributed by atoms with Gasteiger partial charge in [0.1, 0.15) is 22.2 Å². The van der Waals surface area contributed by atoms with Crippen LogP contribution >= 0.6 is 0 Å². The minimum absolute atomic E-state index is 0.152. The van der Waals surface area contributed by atoms with Gasteiger partial charge in [0.05, 0.1) is 60.6 Å². The number of hydrogen-bond donors (Lipinski definition) is 1. The fourth-order valence-corrected chi connectivity index (χ4v) is 9.12. The van der Waals surface area contributed by atoms with Crippen LogP contribution in [0.4, 0.5) is 0 Å². The maximum atomic E-state index is 14.4. The Labute approximate surface area is 335 Å². The highest BCUT2D eigenvalue weighted by Crippen LogP contribution is 2.31. The van der Waals surface area contributed by atoms with Crippen molar-refractivity contribution in [2.45, 2.75) is 0 Å². The van der Waals surface area contributed by atoms with Crippen LogP contribution in [-0.4, -0.2) is 37.3 Å². The second-order valence-corrected chi connectivity index (χ2v) is 15.0. The van der Waals surface area contributed by atoms with E-state index in [1.807, 2.05) is 161 Å². The van der Waals surface area contributed by atoms with Gasteiger partial charge in [-0.05, 0) is 78.9 Å². The summed E-state index contributed by atoms with van der Waals surface area (Å²) in [5.74, 6) is 1.41. The number of nitrogens with one attached hydrogen (secondary N) is 1. The van der Waals surface area contributed by atoms with Gasteiger partial charge in [-0.2, -0.15) is 8.97 Å². The standard InChI is InChI=1S/C48H27N9O3/c58-43-31-13-1-4-16-34(31)49-46-53(39-21-9-11-23-41(39)56(43)46)29-25-28(52-37-19-7-3-15-33(37)45(60)55-38-20-8-6-18-36(38)51-48(52)55)26-30(27-29)54-40-22-10-12-24-42(40)57-44(59)32-14-2-5-17-35(32)50-47(54)57/h1-27H/p+1. The number of hydrogen-bond acceptors (Lipinski definition) is 5. The molecule has 0 aliphatic heterocycles. The lowest BCUT2D eigenvalue weighted by atomic mass is 10.2. The molecule has 1 N–H and O–H groups in total. The van der Waals surface area contributed by atoms with Crippen LogP contribution in [-0.2, 0) is 0 Å². The lowest BCUT2D eigenvalue weighted by Crippen LogP contribution is -2.38. The first-order valence-electron chi connectivity index (χ1n) is 19.5. The SMILES string of the molecule is O=c1c2ccccc2nc2n(-c3cc(-n4c5ccccc5n5c(=O)c6ccccc6nc45)cc(-[n+]4c5ccccc5c(=O)n5c6ccccc6[nH]c54)c3)c3ccccc3n12. The molecular formula is C48H28N9O3+. The fourth-order valence-electron chi connectivity index (χ4n) is 9.12. The Kier molecular flexibility index (Phi) is 6.33. The topological polar surface area (TPSA) is 120 Å². The number of aromatic nitrogens is 9. The predicted molar refractivity (Wildman–Crippen MR) is 233 cm³/mol. The van der Waals surface area contributed by atoms with Crippen LogP contribution in [0.3, 0.4) is 0 Å². The summed E-state index contributed by atoms with van der Waals surface area (Å²) in [6.45, 7) is 0. The third-order valence-corrected chi connectivity index (χ3v) is 11.7. The van der Waals surface area contributed by atoms with Gasteiger partial charge in [-0.25, -0.2) is 28.5 Å². The number of benzene rings is 7. The first kappa shape index (κ1) is 32.4. The van der Waals surface area contributed by atoms with Gasteiger partial charge in [-0.1, -0.05) is 72.8 Å².